The van der Waals surface area contributed by atoms with Crippen molar-refractivity contribution in [1.29, 1.82) is 0 Å². The van der Waals surface area contributed by atoms with E-state index in [1.165, 1.54) is 6.07 Å². The maximum absolute atomic E-state index is 10.7. The van der Waals surface area contributed by atoms with Crippen LogP contribution >= 0.6 is 15.9 Å². The molecule has 17 heavy (non-hydrogen) atoms. The van der Waals surface area contributed by atoms with Crippen LogP contribution in [0.4, 0.5) is 5.69 Å². The molecule has 1 N–H and O–H groups in total. The molecule has 0 aliphatic carbocycles. The number of nitro groups is 1. The smallest absolute Gasteiger partial charge is 0.270 e. The monoisotopic (exact) mass is 298 g/mol. The van der Waals surface area contributed by atoms with Gasteiger partial charge in [0, 0.05) is 23.2 Å². The molecule has 92 valence electrons. The van der Waals surface area contributed by atoms with Crippen molar-refractivity contribution >= 4 is 21.6 Å². The standard InChI is InChI=1S/C12H15BrN2O2/c1-2-3-4-5-14-9-10-6-11(13)8-12(7-10)15(16)17/h2-3,6-8,14H,4-5,9H2,1H3/b3-2+. The average Bonchev–Trinajstić information content (AvgIpc) is 2.28. The molecular formula is C12H15BrN2O2. The van der Waals surface area contributed by atoms with E-state index in [0.717, 1.165) is 23.0 Å². The minimum atomic E-state index is -0.381. The number of nitro benzene ring substituents is 1. The summed E-state index contributed by atoms with van der Waals surface area (Å²) in [6.07, 6.45) is 5.05. The summed E-state index contributed by atoms with van der Waals surface area (Å²) in [7, 11) is 0. The predicted molar refractivity (Wildman–Crippen MR) is 71.9 cm³/mol. The Bertz CT molecular complexity index is 419. The van der Waals surface area contributed by atoms with Gasteiger partial charge in [0.1, 0.15) is 0 Å². The average molecular weight is 299 g/mol. The van der Waals surface area contributed by atoms with Crippen LogP contribution in [-0.2, 0) is 6.54 Å². The molecule has 1 rings (SSSR count). The molecule has 0 heterocycles. The first-order chi connectivity index (χ1) is 8.13. The van der Waals surface area contributed by atoms with Crippen LogP contribution in [0.15, 0.2) is 34.8 Å². The van der Waals surface area contributed by atoms with Crippen LogP contribution in [0.2, 0.25) is 0 Å². The first kappa shape index (κ1) is 13.9. The fourth-order valence-electron chi connectivity index (χ4n) is 1.43. The van der Waals surface area contributed by atoms with Gasteiger partial charge in [0.05, 0.1) is 4.92 Å². The van der Waals surface area contributed by atoms with Gasteiger partial charge in [-0.05, 0) is 31.5 Å². The largest absolute Gasteiger partial charge is 0.312 e. The molecule has 0 radical (unpaired) electrons. The lowest BCUT2D eigenvalue weighted by Crippen LogP contribution is -2.14. The lowest BCUT2D eigenvalue weighted by Gasteiger charge is -2.04. The summed E-state index contributed by atoms with van der Waals surface area (Å²) < 4.78 is 0.733. The third-order valence-electron chi connectivity index (χ3n) is 2.21. The lowest BCUT2D eigenvalue weighted by atomic mass is 10.2. The van der Waals surface area contributed by atoms with Crippen LogP contribution in [0.1, 0.15) is 18.9 Å². The Kier molecular flexibility index (Phi) is 5.86. The number of benzene rings is 1. The highest BCUT2D eigenvalue weighted by Gasteiger charge is 2.08. The molecule has 0 fully saturated rings. The minimum Gasteiger partial charge on any atom is -0.312 e. The number of allylic oxidation sites excluding steroid dienone is 1. The summed E-state index contributed by atoms with van der Waals surface area (Å²) in [5.41, 5.74) is 1.02. The zero-order valence-corrected chi connectivity index (χ0v) is 11.2. The van der Waals surface area contributed by atoms with Crippen molar-refractivity contribution in [2.24, 2.45) is 0 Å². The number of non-ortho nitro benzene ring substituents is 1. The zero-order chi connectivity index (χ0) is 12.7. The van der Waals surface area contributed by atoms with E-state index in [9.17, 15) is 10.1 Å². The van der Waals surface area contributed by atoms with Crippen molar-refractivity contribution in [3.8, 4) is 0 Å². The molecule has 5 heteroatoms. The first-order valence-corrected chi connectivity index (χ1v) is 6.18. The highest BCUT2D eigenvalue weighted by atomic mass is 79.9. The van der Waals surface area contributed by atoms with E-state index in [2.05, 4.69) is 27.3 Å². The van der Waals surface area contributed by atoms with Gasteiger partial charge in [0.15, 0.2) is 0 Å². The molecule has 1 aromatic carbocycles. The molecule has 0 atom stereocenters. The van der Waals surface area contributed by atoms with Gasteiger partial charge in [-0.15, -0.1) is 0 Å². The fraction of sp³-hybridized carbons (Fsp3) is 0.333. The van der Waals surface area contributed by atoms with E-state index in [1.54, 1.807) is 6.07 Å². The summed E-state index contributed by atoms with van der Waals surface area (Å²) in [5.74, 6) is 0. The number of nitrogens with zero attached hydrogens (tertiary/aromatic N) is 1. The third-order valence-corrected chi connectivity index (χ3v) is 2.66. The quantitative estimate of drug-likeness (QED) is 0.379. The molecule has 0 aliphatic heterocycles. The molecule has 0 bridgehead atoms. The molecule has 0 saturated heterocycles. The fourth-order valence-corrected chi connectivity index (χ4v) is 1.95. The highest BCUT2D eigenvalue weighted by molar-refractivity contribution is 9.10. The second-order valence-corrected chi connectivity index (χ2v) is 4.52. The van der Waals surface area contributed by atoms with Crippen molar-refractivity contribution in [2.45, 2.75) is 19.9 Å². The molecule has 0 unspecified atom stereocenters. The van der Waals surface area contributed by atoms with E-state index in [1.807, 2.05) is 19.1 Å². The Morgan fingerprint density at radius 3 is 2.88 bits per heavy atom. The lowest BCUT2D eigenvalue weighted by molar-refractivity contribution is -0.385. The summed E-state index contributed by atoms with van der Waals surface area (Å²) in [4.78, 5) is 10.3. The Balaban J connectivity index is 2.56. The van der Waals surface area contributed by atoms with Crippen LogP contribution in [0.25, 0.3) is 0 Å². The summed E-state index contributed by atoms with van der Waals surface area (Å²) in [6, 6.07) is 4.98. The number of hydrogen-bond donors (Lipinski definition) is 1. The molecule has 0 saturated carbocycles. The Morgan fingerprint density at radius 1 is 1.47 bits per heavy atom. The second-order valence-electron chi connectivity index (χ2n) is 3.61. The van der Waals surface area contributed by atoms with Gasteiger partial charge in [-0.1, -0.05) is 28.1 Å². The van der Waals surface area contributed by atoms with E-state index in [0.29, 0.717) is 6.54 Å². The molecular weight excluding hydrogens is 284 g/mol. The minimum absolute atomic E-state index is 0.115. The van der Waals surface area contributed by atoms with Gasteiger partial charge in [-0.25, -0.2) is 0 Å². The summed E-state index contributed by atoms with van der Waals surface area (Å²) >= 11 is 3.27. The predicted octanol–water partition coefficient (Wildman–Crippen LogP) is 3.41. The van der Waals surface area contributed by atoms with Crippen LogP contribution in [-0.4, -0.2) is 11.5 Å². The molecule has 0 aromatic heterocycles. The highest BCUT2D eigenvalue weighted by Crippen LogP contribution is 2.21. The Morgan fingerprint density at radius 2 is 2.24 bits per heavy atom. The van der Waals surface area contributed by atoms with Crippen molar-refractivity contribution in [2.75, 3.05) is 6.54 Å². The summed E-state index contributed by atoms with van der Waals surface area (Å²) in [6.45, 7) is 3.49. The van der Waals surface area contributed by atoms with E-state index in [4.69, 9.17) is 0 Å². The Hall–Kier alpha value is -1.20. The molecule has 0 amide bonds. The maximum Gasteiger partial charge on any atom is 0.270 e. The van der Waals surface area contributed by atoms with Gasteiger partial charge in [0.25, 0.3) is 5.69 Å². The van der Waals surface area contributed by atoms with Crippen LogP contribution in [0.5, 0.6) is 0 Å². The molecule has 0 spiro atoms. The van der Waals surface area contributed by atoms with Crippen LogP contribution < -0.4 is 5.32 Å². The van der Waals surface area contributed by atoms with Crippen molar-refractivity contribution in [3.63, 3.8) is 0 Å². The van der Waals surface area contributed by atoms with Gasteiger partial charge >= 0.3 is 0 Å². The van der Waals surface area contributed by atoms with Crippen molar-refractivity contribution < 1.29 is 4.92 Å². The normalized spacial score (nSPS) is 10.9. The van der Waals surface area contributed by atoms with Gasteiger partial charge in [-0.3, -0.25) is 10.1 Å². The van der Waals surface area contributed by atoms with E-state index < -0.39 is 0 Å². The van der Waals surface area contributed by atoms with Gasteiger partial charge < -0.3 is 5.32 Å². The van der Waals surface area contributed by atoms with Crippen LogP contribution in [0.3, 0.4) is 0 Å². The zero-order valence-electron chi connectivity index (χ0n) is 9.65. The number of halogens is 1. The summed E-state index contributed by atoms with van der Waals surface area (Å²) in [5, 5.41) is 13.9. The van der Waals surface area contributed by atoms with Gasteiger partial charge in [0.2, 0.25) is 0 Å². The topological polar surface area (TPSA) is 55.2 Å². The first-order valence-electron chi connectivity index (χ1n) is 5.39. The number of nitrogens with one attached hydrogen (secondary N) is 1. The molecule has 4 nitrogen and oxygen atoms in total. The van der Waals surface area contributed by atoms with Crippen molar-refractivity contribution in [1.82, 2.24) is 5.32 Å². The van der Waals surface area contributed by atoms with Crippen LogP contribution in [0, 0.1) is 10.1 Å². The molecule has 0 aliphatic rings. The second kappa shape index (κ2) is 7.19. The van der Waals surface area contributed by atoms with Crippen molar-refractivity contribution in [3.05, 3.63) is 50.5 Å². The van der Waals surface area contributed by atoms with E-state index >= 15 is 0 Å². The van der Waals surface area contributed by atoms with E-state index in [-0.39, 0.29) is 10.6 Å². The molecule has 1 aromatic rings. The number of hydrogen-bond acceptors (Lipinski definition) is 3. The third kappa shape index (κ3) is 5.10. The number of rotatable bonds is 6. The SMILES string of the molecule is C/C=C/CCNCc1cc(Br)cc([N+](=O)[O-])c1. The van der Waals surface area contributed by atoms with Gasteiger partial charge in [-0.2, -0.15) is 0 Å². The maximum atomic E-state index is 10.7. The Labute approximate surface area is 109 Å².